The fraction of sp³-hybridized carbons (Fsp3) is 0.818. The zero-order valence-electron chi connectivity index (χ0n) is 10.7. The van der Waals surface area contributed by atoms with E-state index in [9.17, 15) is 9.59 Å². The minimum Gasteiger partial charge on any atom is -0.342 e. The molecule has 1 N–H and O–H groups in total. The van der Waals surface area contributed by atoms with Crippen molar-refractivity contribution in [1.82, 2.24) is 15.1 Å². The summed E-state index contributed by atoms with van der Waals surface area (Å²) < 4.78 is 0. The number of amides is 3. The first-order chi connectivity index (χ1) is 7.22. The molecule has 0 aliphatic carbocycles. The molecule has 1 fully saturated rings. The number of hydrogen-bond acceptors (Lipinski definition) is 2. The van der Waals surface area contributed by atoms with E-state index in [1.807, 2.05) is 20.8 Å². The highest BCUT2D eigenvalue weighted by molar-refractivity contribution is 5.88. The fourth-order valence-electron chi connectivity index (χ4n) is 1.68. The van der Waals surface area contributed by atoms with Crippen LogP contribution in [0.4, 0.5) is 4.79 Å². The third kappa shape index (κ3) is 2.87. The maximum Gasteiger partial charge on any atom is 0.318 e. The fourth-order valence-corrected chi connectivity index (χ4v) is 1.68. The first kappa shape index (κ1) is 12.8. The summed E-state index contributed by atoms with van der Waals surface area (Å²) in [5.74, 6) is -0.00434. The van der Waals surface area contributed by atoms with Gasteiger partial charge in [0.25, 0.3) is 0 Å². The van der Waals surface area contributed by atoms with Gasteiger partial charge in [-0.15, -0.1) is 0 Å². The molecule has 0 radical (unpaired) electrons. The van der Waals surface area contributed by atoms with Crippen molar-refractivity contribution in [3.63, 3.8) is 0 Å². The molecule has 16 heavy (non-hydrogen) atoms. The predicted molar refractivity (Wildman–Crippen MR) is 62.1 cm³/mol. The van der Waals surface area contributed by atoms with Crippen molar-refractivity contribution in [2.75, 3.05) is 20.1 Å². The summed E-state index contributed by atoms with van der Waals surface area (Å²) in [4.78, 5) is 26.9. The number of nitrogens with one attached hydrogen (secondary N) is 1. The maximum atomic E-state index is 11.9. The van der Waals surface area contributed by atoms with Gasteiger partial charge in [0, 0.05) is 25.7 Å². The molecule has 1 atom stereocenters. The highest BCUT2D eigenvalue weighted by Gasteiger charge is 2.33. The Morgan fingerprint density at radius 2 is 1.94 bits per heavy atom. The minimum atomic E-state index is -0.374. The monoisotopic (exact) mass is 227 g/mol. The van der Waals surface area contributed by atoms with E-state index < -0.39 is 0 Å². The van der Waals surface area contributed by atoms with E-state index in [1.165, 1.54) is 0 Å². The van der Waals surface area contributed by atoms with Gasteiger partial charge in [0.15, 0.2) is 0 Å². The Kier molecular flexibility index (Phi) is 3.45. The van der Waals surface area contributed by atoms with E-state index >= 15 is 0 Å². The van der Waals surface area contributed by atoms with Crippen molar-refractivity contribution in [2.45, 2.75) is 39.3 Å². The quantitative estimate of drug-likeness (QED) is 0.661. The van der Waals surface area contributed by atoms with E-state index in [2.05, 4.69) is 5.32 Å². The van der Waals surface area contributed by atoms with E-state index in [1.54, 1.807) is 23.8 Å². The summed E-state index contributed by atoms with van der Waals surface area (Å²) in [6.07, 6.45) is 0. The molecule has 1 heterocycles. The van der Waals surface area contributed by atoms with E-state index in [4.69, 9.17) is 0 Å². The first-order valence-corrected chi connectivity index (χ1v) is 5.56. The predicted octanol–water partition coefficient (Wildman–Crippen LogP) is 0.657. The van der Waals surface area contributed by atoms with Crippen LogP contribution in [-0.4, -0.2) is 53.5 Å². The number of likely N-dealkylation sites (N-methyl/N-ethyl adjacent to an activating group) is 1. The Labute approximate surface area is 96.8 Å². The summed E-state index contributed by atoms with van der Waals surface area (Å²) in [6.45, 7) is 8.72. The molecule has 1 unspecified atom stereocenters. The van der Waals surface area contributed by atoms with Gasteiger partial charge >= 0.3 is 6.03 Å². The maximum absolute atomic E-state index is 11.9. The molecule has 1 rings (SSSR count). The third-order valence-corrected chi connectivity index (χ3v) is 2.62. The van der Waals surface area contributed by atoms with Gasteiger partial charge in [0.1, 0.15) is 6.04 Å². The Hall–Kier alpha value is -1.26. The Balaban J connectivity index is 2.67. The van der Waals surface area contributed by atoms with Crippen LogP contribution in [0.15, 0.2) is 0 Å². The Bertz CT molecular complexity index is 296. The molecule has 3 amide bonds. The van der Waals surface area contributed by atoms with Crippen molar-refractivity contribution < 1.29 is 9.59 Å². The average molecular weight is 227 g/mol. The summed E-state index contributed by atoms with van der Waals surface area (Å²) in [7, 11) is 1.76. The molecule has 0 aromatic rings. The van der Waals surface area contributed by atoms with Gasteiger partial charge in [0.2, 0.25) is 5.91 Å². The van der Waals surface area contributed by atoms with Crippen LogP contribution in [0.25, 0.3) is 0 Å². The standard InChI is InChI=1S/C11H21N3O2/c1-8-9(15)13(5)6-7-14(8)10(16)12-11(2,3)4/h8H,6-7H2,1-5H3,(H,12,16). The molecule has 0 aromatic carbocycles. The molecule has 0 bridgehead atoms. The average Bonchev–Trinajstić information content (AvgIpc) is 2.11. The second kappa shape index (κ2) is 4.31. The van der Waals surface area contributed by atoms with Gasteiger partial charge in [-0.2, -0.15) is 0 Å². The number of carbonyl (C=O) groups is 2. The van der Waals surface area contributed by atoms with Crippen molar-refractivity contribution in [3.05, 3.63) is 0 Å². The smallest absolute Gasteiger partial charge is 0.318 e. The number of hydrogen-bond donors (Lipinski definition) is 1. The summed E-state index contributed by atoms with van der Waals surface area (Å²) in [5.41, 5.74) is -0.275. The van der Waals surface area contributed by atoms with Gasteiger partial charge in [-0.25, -0.2) is 4.79 Å². The minimum absolute atomic E-state index is 0.00434. The lowest BCUT2D eigenvalue weighted by Crippen LogP contribution is -2.60. The van der Waals surface area contributed by atoms with Crippen LogP contribution in [0.5, 0.6) is 0 Å². The molecule has 0 saturated carbocycles. The molecular weight excluding hydrogens is 206 g/mol. The van der Waals surface area contributed by atoms with Gasteiger partial charge < -0.3 is 15.1 Å². The summed E-state index contributed by atoms with van der Waals surface area (Å²) in [5, 5.41) is 2.87. The lowest BCUT2D eigenvalue weighted by atomic mass is 10.1. The zero-order chi connectivity index (χ0) is 12.5. The molecule has 92 valence electrons. The number of nitrogens with zero attached hydrogens (tertiary/aromatic N) is 2. The van der Waals surface area contributed by atoms with Crippen LogP contribution in [-0.2, 0) is 4.79 Å². The Morgan fingerprint density at radius 1 is 1.38 bits per heavy atom. The third-order valence-electron chi connectivity index (χ3n) is 2.62. The van der Waals surface area contributed by atoms with Crippen molar-refractivity contribution in [2.24, 2.45) is 0 Å². The first-order valence-electron chi connectivity index (χ1n) is 5.56. The van der Waals surface area contributed by atoms with Gasteiger partial charge in [-0.05, 0) is 27.7 Å². The molecule has 0 spiro atoms. The van der Waals surface area contributed by atoms with Crippen molar-refractivity contribution in [3.8, 4) is 0 Å². The SMILES string of the molecule is CC1C(=O)N(C)CCN1C(=O)NC(C)(C)C. The molecule has 1 aliphatic heterocycles. The molecule has 5 nitrogen and oxygen atoms in total. The number of rotatable bonds is 0. The highest BCUT2D eigenvalue weighted by Crippen LogP contribution is 2.11. The molecule has 5 heteroatoms. The van der Waals surface area contributed by atoms with Crippen LogP contribution < -0.4 is 5.32 Å². The van der Waals surface area contributed by atoms with Crippen LogP contribution in [0.1, 0.15) is 27.7 Å². The number of carbonyl (C=O) groups excluding carboxylic acids is 2. The van der Waals surface area contributed by atoms with E-state index in [-0.39, 0.29) is 23.5 Å². The van der Waals surface area contributed by atoms with Gasteiger partial charge in [-0.3, -0.25) is 4.79 Å². The number of urea groups is 1. The second-order valence-electron chi connectivity index (χ2n) is 5.31. The molecule has 1 aliphatic rings. The lowest BCUT2D eigenvalue weighted by Gasteiger charge is -2.38. The number of piperazine rings is 1. The zero-order valence-corrected chi connectivity index (χ0v) is 10.7. The summed E-state index contributed by atoms with van der Waals surface area (Å²) in [6, 6.07) is -0.539. The Morgan fingerprint density at radius 3 is 2.44 bits per heavy atom. The lowest BCUT2D eigenvalue weighted by molar-refractivity contribution is -0.137. The molecular formula is C11H21N3O2. The van der Waals surface area contributed by atoms with Crippen LogP contribution in [0.2, 0.25) is 0 Å². The van der Waals surface area contributed by atoms with E-state index in [0.717, 1.165) is 0 Å². The van der Waals surface area contributed by atoms with Crippen LogP contribution in [0, 0.1) is 0 Å². The molecule has 1 saturated heterocycles. The second-order valence-corrected chi connectivity index (χ2v) is 5.31. The van der Waals surface area contributed by atoms with Crippen molar-refractivity contribution >= 4 is 11.9 Å². The van der Waals surface area contributed by atoms with Crippen molar-refractivity contribution in [1.29, 1.82) is 0 Å². The summed E-state index contributed by atoms with van der Waals surface area (Å²) >= 11 is 0. The van der Waals surface area contributed by atoms with Gasteiger partial charge in [-0.1, -0.05) is 0 Å². The van der Waals surface area contributed by atoms with E-state index in [0.29, 0.717) is 13.1 Å². The largest absolute Gasteiger partial charge is 0.342 e. The normalized spacial score (nSPS) is 22.3. The van der Waals surface area contributed by atoms with Gasteiger partial charge in [0.05, 0.1) is 0 Å². The van der Waals surface area contributed by atoms with Crippen LogP contribution >= 0.6 is 0 Å². The van der Waals surface area contributed by atoms with Crippen LogP contribution in [0.3, 0.4) is 0 Å². The topological polar surface area (TPSA) is 52.7 Å². The molecule has 0 aromatic heterocycles. The highest BCUT2D eigenvalue weighted by atomic mass is 16.2.